The van der Waals surface area contributed by atoms with Gasteiger partial charge in [0.1, 0.15) is 0 Å². The molecule has 0 bridgehead atoms. The lowest BCUT2D eigenvalue weighted by molar-refractivity contribution is 0.584. The van der Waals surface area contributed by atoms with Gasteiger partial charge in [0.15, 0.2) is 0 Å². The molecule has 48 heavy (non-hydrogen) atoms. The number of rotatable bonds is 6. The molecule has 0 saturated carbocycles. The highest BCUT2D eigenvalue weighted by atomic mass is 16.4. The van der Waals surface area contributed by atoms with Gasteiger partial charge in [-0.25, -0.2) is 0 Å². The van der Waals surface area contributed by atoms with E-state index in [2.05, 4.69) is 154 Å². The summed E-state index contributed by atoms with van der Waals surface area (Å²) in [4.78, 5) is 2.34. The summed E-state index contributed by atoms with van der Waals surface area (Å²) in [6, 6.07) is 51.0. The van der Waals surface area contributed by atoms with Crippen molar-refractivity contribution in [2.45, 2.75) is 13.3 Å². The number of para-hydroxylation sites is 1. The molecule has 1 atom stereocenters. The number of anilines is 3. The van der Waals surface area contributed by atoms with Crippen molar-refractivity contribution in [1.82, 2.24) is 14.8 Å². The number of hydrogen-bond acceptors (Lipinski definition) is 4. The van der Waals surface area contributed by atoms with Crippen molar-refractivity contribution in [3.8, 4) is 28.6 Å². The first-order valence-electron chi connectivity index (χ1n) is 16.4. The third-order valence-corrected chi connectivity index (χ3v) is 9.29. The van der Waals surface area contributed by atoms with E-state index in [4.69, 9.17) is 4.42 Å². The van der Waals surface area contributed by atoms with Crippen LogP contribution in [-0.2, 0) is 6.42 Å². The highest BCUT2D eigenvalue weighted by Crippen LogP contribution is 2.42. The molecule has 0 aliphatic heterocycles. The number of nitrogens with zero attached hydrogens (tertiary/aromatic N) is 4. The Balaban J connectivity index is 1.18. The summed E-state index contributed by atoms with van der Waals surface area (Å²) in [7, 11) is 0. The summed E-state index contributed by atoms with van der Waals surface area (Å²) in [6.45, 7) is 2.30. The van der Waals surface area contributed by atoms with Crippen molar-refractivity contribution >= 4 is 44.8 Å². The van der Waals surface area contributed by atoms with E-state index >= 15 is 0 Å². The molecule has 0 fully saturated rings. The topological polar surface area (TPSA) is 47.1 Å². The van der Waals surface area contributed by atoms with Crippen molar-refractivity contribution in [3.63, 3.8) is 0 Å². The van der Waals surface area contributed by atoms with E-state index in [0.29, 0.717) is 17.7 Å². The second-order valence-electron chi connectivity index (χ2n) is 12.5. The summed E-state index contributed by atoms with van der Waals surface area (Å²) in [5.41, 5.74) is 10.1. The molecule has 5 nitrogen and oxygen atoms in total. The fourth-order valence-corrected chi connectivity index (χ4v) is 6.95. The van der Waals surface area contributed by atoms with Crippen molar-refractivity contribution in [2.24, 2.45) is 5.92 Å². The molecular formula is C43H32N4O. The molecule has 2 aromatic heterocycles. The molecule has 230 valence electrons. The van der Waals surface area contributed by atoms with Gasteiger partial charge in [-0.15, -0.1) is 10.2 Å². The molecule has 1 aliphatic rings. The molecule has 8 aromatic rings. The van der Waals surface area contributed by atoms with Crippen LogP contribution in [0.3, 0.4) is 0 Å². The van der Waals surface area contributed by atoms with E-state index in [1.54, 1.807) is 0 Å². The van der Waals surface area contributed by atoms with Gasteiger partial charge in [-0.3, -0.25) is 0 Å². The quantitative estimate of drug-likeness (QED) is 0.186. The first kappa shape index (κ1) is 28.1. The monoisotopic (exact) mass is 620 g/mol. The maximum atomic E-state index is 6.08. The van der Waals surface area contributed by atoms with Crippen molar-refractivity contribution in [2.75, 3.05) is 4.90 Å². The first-order valence-corrected chi connectivity index (χ1v) is 16.4. The van der Waals surface area contributed by atoms with Crippen LogP contribution >= 0.6 is 0 Å². The molecule has 1 aliphatic carbocycles. The lowest BCUT2D eigenvalue weighted by Crippen LogP contribution is -2.10. The van der Waals surface area contributed by atoms with Crippen LogP contribution in [0.4, 0.5) is 17.1 Å². The molecule has 0 radical (unpaired) electrons. The van der Waals surface area contributed by atoms with Crippen LogP contribution in [0.2, 0.25) is 0 Å². The van der Waals surface area contributed by atoms with E-state index in [1.807, 2.05) is 30.3 Å². The van der Waals surface area contributed by atoms with E-state index in [-0.39, 0.29) is 0 Å². The average Bonchev–Trinajstić information content (AvgIpc) is 3.76. The molecule has 9 rings (SSSR count). The largest absolute Gasteiger partial charge is 0.416 e. The summed E-state index contributed by atoms with van der Waals surface area (Å²) >= 11 is 0. The van der Waals surface area contributed by atoms with Gasteiger partial charge in [0.2, 0.25) is 11.8 Å². The average molecular weight is 621 g/mol. The van der Waals surface area contributed by atoms with E-state index < -0.39 is 0 Å². The standard InChI is InChI=1S/C43H32N4O/c1-29-16-24-40-38(26-29)39-28-37(23-25-41(39)47(40)34-14-6-3-7-15-34)46(36-22-17-30-10-8-9-13-33(30)27-36)35-20-18-32(19-21-35)43-45-44-42(48-43)31-11-4-2-5-12-31/h2-25,27-29H,26H2,1H3/t29-/m1/s1. The number of hydrogen-bond donors (Lipinski definition) is 0. The fourth-order valence-electron chi connectivity index (χ4n) is 6.95. The highest BCUT2D eigenvalue weighted by molar-refractivity contribution is 5.96. The van der Waals surface area contributed by atoms with Gasteiger partial charge >= 0.3 is 0 Å². The van der Waals surface area contributed by atoms with Gasteiger partial charge < -0.3 is 13.9 Å². The highest BCUT2D eigenvalue weighted by Gasteiger charge is 2.23. The van der Waals surface area contributed by atoms with Crippen LogP contribution in [0.25, 0.3) is 56.3 Å². The van der Waals surface area contributed by atoms with Crippen LogP contribution in [0.15, 0.2) is 156 Å². The van der Waals surface area contributed by atoms with E-state index in [9.17, 15) is 0 Å². The molecule has 0 spiro atoms. The minimum atomic E-state index is 0.479. The minimum absolute atomic E-state index is 0.479. The third-order valence-electron chi connectivity index (χ3n) is 9.29. The Morgan fingerprint density at radius 2 is 1.25 bits per heavy atom. The Morgan fingerprint density at radius 1 is 0.625 bits per heavy atom. The summed E-state index contributed by atoms with van der Waals surface area (Å²) < 4.78 is 8.48. The van der Waals surface area contributed by atoms with E-state index in [1.165, 1.54) is 38.6 Å². The van der Waals surface area contributed by atoms with Gasteiger partial charge in [0, 0.05) is 45.0 Å². The second kappa shape index (κ2) is 11.6. The molecule has 0 saturated heterocycles. The van der Waals surface area contributed by atoms with Crippen LogP contribution in [0, 0.1) is 5.92 Å². The zero-order valence-corrected chi connectivity index (χ0v) is 26.5. The maximum Gasteiger partial charge on any atom is 0.248 e. The number of benzene rings is 6. The van der Waals surface area contributed by atoms with Gasteiger partial charge in [-0.2, -0.15) is 0 Å². The maximum absolute atomic E-state index is 6.08. The number of aromatic nitrogens is 3. The van der Waals surface area contributed by atoms with Gasteiger partial charge in [-0.05, 0) is 114 Å². The zero-order valence-electron chi connectivity index (χ0n) is 26.5. The fraction of sp³-hybridized carbons (Fsp3) is 0.0698. The predicted octanol–water partition coefficient (Wildman–Crippen LogP) is 11.2. The summed E-state index contributed by atoms with van der Waals surface area (Å²) in [5.74, 6) is 1.48. The molecular weight excluding hydrogens is 589 g/mol. The SMILES string of the molecule is C[C@@H]1C=Cc2c(c3cc(N(c4ccc(-c5nnc(-c6ccccc6)o5)cc4)c4ccc5ccccc5c4)ccc3n2-c2ccccc2)C1. The zero-order chi connectivity index (χ0) is 32.0. The van der Waals surface area contributed by atoms with Gasteiger partial charge in [0.25, 0.3) is 0 Å². The first-order chi connectivity index (χ1) is 23.7. The molecule has 0 N–H and O–H groups in total. The lowest BCUT2D eigenvalue weighted by atomic mass is 9.93. The van der Waals surface area contributed by atoms with Crippen LogP contribution < -0.4 is 4.90 Å². The Hall–Kier alpha value is -6.20. The smallest absolute Gasteiger partial charge is 0.248 e. The molecule has 0 amide bonds. The van der Waals surface area contributed by atoms with E-state index in [0.717, 1.165) is 34.6 Å². The van der Waals surface area contributed by atoms with Crippen molar-refractivity contribution in [3.05, 3.63) is 163 Å². The molecule has 6 aromatic carbocycles. The normalized spacial score (nSPS) is 14.0. The Labute approximate surface area is 279 Å². The Kier molecular flexibility index (Phi) is 6.75. The Bertz CT molecular complexity index is 2440. The molecule has 5 heteroatoms. The summed E-state index contributed by atoms with van der Waals surface area (Å²) in [5, 5.41) is 12.4. The van der Waals surface area contributed by atoms with Gasteiger partial charge in [-0.1, -0.05) is 79.7 Å². The van der Waals surface area contributed by atoms with Crippen LogP contribution in [-0.4, -0.2) is 14.8 Å². The van der Waals surface area contributed by atoms with Crippen LogP contribution in [0.1, 0.15) is 18.2 Å². The van der Waals surface area contributed by atoms with Crippen molar-refractivity contribution in [1.29, 1.82) is 0 Å². The lowest BCUT2D eigenvalue weighted by Gasteiger charge is -2.26. The summed E-state index contributed by atoms with van der Waals surface area (Å²) in [6.07, 6.45) is 5.64. The second-order valence-corrected chi connectivity index (χ2v) is 12.5. The third kappa shape index (κ3) is 4.88. The molecule has 2 heterocycles. The number of allylic oxidation sites excluding steroid dienone is 1. The predicted molar refractivity (Wildman–Crippen MR) is 196 cm³/mol. The molecule has 0 unspecified atom stereocenters. The van der Waals surface area contributed by atoms with Crippen molar-refractivity contribution < 1.29 is 4.42 Å². The van der Waals surface area contributed by atoms with Gasteiger partial charge in [0.05, 0.1) is 5.52 Å². The number of fused-ring (bicyclic) bond motifs is 4. The minimum Gasteiger partial charge on any atom is -0.416 e. The Morgan fingerprint density at radius 3 is 2.02 bits per heavy atom. The van der Waals surface area contributed by atoms with Crippen LogP contribution in [0.5, 0.6) is 0 Å².